The van der Waals surface area contributed by atoms with Gasteiger partial charge in [-0.25, -0.2) is 4.79 Å². The normalized spacial score (nSPS) is 10.6. The summed E-state index contributed by atoms with van der Waals surface area (Å²) in [6.45, 7) is 1.32. The largest absolute Gasteiger partial charge is 0.480 e. The van der Waals surface area contributed by atoms with Gasteiger partial charge in [-0.2, -0.15) is 0 Å². The van der Waals surface area contributed by atoms with Crippen LogP contribution in [-0.4, -0.2) is 23.5 Å². The van der Waals surface area contributed by atoms with Gasteiger partial charge in [0.2, 0.25) is 0 Å². The molecular formula is C19H15NO5. The Morgan fingerprint density at radius 3 is 2.48 bits per heavy atom. The topological polar surface area (TPSA) is 87.8 Å². The van der Waals surface area contributed by atoms with Gasteiger partial charge in [0.15, 0.2) is 0 Å². The number of anilines is 1. The Hall–Kier alpha value is -3.41. The highest BCUT2D eigenvalue weighted by molar-refractivity contribution is 6.09. The SMILES string of the molecule is Cc1ccc2oc(=O)c(C(=O)N(CC(=O)O)c3ccccc3)cc2c1. The number of para-hydroxylation sites is 1. The van der Waals surface area contributed by atoms with Gasteiger partial charge < -0.3 is 9.52 Å². The number of rotatable bonds is 4. The average molecular weight is 337 g/mol. The quantitative estimate of drug-likeness (QED) is 0.740. The molecule has 1 amide bonds. The number of amides is 1. The fourth-order valence-corrected chi connectivity index (χ4v) is 2.56. The number of aliphatic carboxylic acids is 1. The van der Waals surface area contributed by atoms with Crippen molar-refractivity contribution in [2.24, 2.45) is 0 Å². The van der Waals surface area contributed by atoms with E-state index in [1.165, 1.54) is 6.07 Å². The second kappa shape index (κ2) is 6.60. The van der Waals surface area contributed by atoms with E-state index in [1.54, 1.807) is 48.5 Å². The van der Waals surface area contributed by atoms with Gasteiger partial charge in [0.1, 0.15) is 17.7 Å². The first-order chi connectivity index (χ1) is 12.0. The van der Waals surface area contributed by atoms with Crippen LogP contribution in [0.5, 0.6) is 0 Å². The summed E-state index contributed by atoms with van der Waals surface area (Å²) in [5, 5.41) is 9.73. The van der Waals surface area contributed by atoms with E-state index in [9.17, 15) is 14.4 Å². The highest BCUT2D eigenvalue weighted by Crippen LogP contribution is 2.19. The Balaban J connectivity index is 2.10. The molecule has 0 aliphatic carbocycles. The van der Waals surface area contributed by atoms with Crippen molar-refractivity contribution in [2.75, 3.05) is 11.4 Å². The molecule has 1 heterocycles. The molecule has 0 unspecified atom stereocenters. The zero-order chi connectivity index (χ0) is 18.0. The van der Waals surface area contributed by atoms with E-state index in [0.717, 1.165) is 10.5 Å². The lowest BCUT2D eigenvalue weighted by atomic mass is 10.1. The van der Waals surface area contributed by atoms with E-state index < -0.39 is 24.0 Å². The minimum absolute atomic E-state index is 0.205. The Kier molecular flexibility index (Phi) is 4.35. The predicted molar refractivity (Wildman–Crippen MR) is 93.0 cm³/mol. The van der Waals surface area contributed by atoms with E-state index >= 15 is 0 Å². The summed E-state index contributed by atoms with van der Waals surface area (Å²) < 4.78 is 5.21. The standard InChI is InChI=1S/C19H15NO5/c1-12-7-8-16-13(9-12)10-15(19(24)25-16)18(23)20(11-17(21)22)14-5-3-2-4-6-14/h2-10H,11H2,1H3,(H,21,22). The zero-order valence-electron chi connectivity index (χ0n) is 13.4. The first-order valence-electron chi connectivity index (χ1n) is 7.59. The fraction of sp³-hybridized carbons (Fsp3) is 0.105. The van der Waals surface area contributed by atoms with Crippen molar-refractivity contribution < 1.29 is 19.1 Å². The Labute approximate surface area is 142 Å². The molecular weight excluding hydrogens is 322 g/mol. The number of carboxylic acid groups (broad SMARTS) is 1. The molecule has 0 atom stereocenters. The lowest BCUT2D eigenvalue weighted by Gasteiger charge is -2.20. The molecule has 3 rings (SSSR count). The zero-order valence-corrected chi connectivity index (χ0v) is 13.4. The molecule has 126 valence electrons. The van der Waals surface area contributed by atoms with Gasteiger partial charge >= 0.3 is 11.6 Å². The third kappa shape index (κ3) is 3.42. The number of carbonyl (C=O) groups is 2. The van der Waals surface area contributed by atoms with Gasteiger partial charge in [-0.15, -0.1) is 0 Å². The first kappa shape index (κ1) is 16.4. The molecule has 6 heteroatoms. The maximum atomic E-state index is 12.8. The van der Waals surface area contributed by atoms with Crippen LogP contribution in [-0.2, 0) is 4.79 Å². The van der Waals surface area contributed by atoms with Gasteiger partial charge in [-0.05, 0) is 37.3 Å². The Morgan fingerprint density at radius 2 is 1.80 bits per heavy atom. The Morgan fingerprint density at radius 1 is 1.08 bits per heavy atom. The number of carbonyl (C=O) groups excluding carboxylic acids is 1. The van der Waals surface area contributed by atoms with Gasteiger partial charge in [0, 0.05) is 11.1 Å². The van der Waals surface area contributed by atoms with Crippen LogP contribution in [0.25, 0.3) is 11.0 Å². The van der Waals surface area contributed by atoms with Gasteiger partial charge in [-0.1, -0.05) is 29.8 Å². The van der Waals surface area contributed by atoms with Crippen LogP contribution in [0.15, 0.2) is 63.8 Å². The molecule has 3 aromatic rings. The van der Waals surface area contributed by atoms with Gasteiger partial charge in [0.05, 0.1) is 0 Å². The maximum Gasteiger partial charge on any atom is 0.349 e. The number of aryl methyl sites for hydroxylation is 1. The van der Waals surface area contributed by atoms with Crippen molar-refractivity contribution in [1.82, 2.24) is 0 Å². The second-order valence-corrected chi connectivity index (χ2v) is 5.61. The van der Waals surface area contributed by atoms with Crippen LogP contribution in [0.2, 0.25) is 0 Å². The minimum atomic E-state index is -1.18. The van der Waals surface area contributed by atoms with Crippen LogP contribution >= 0.6 is 0 Å². The molecule has 25 heavy (non-hydrogen) atoms. The number of fused-ring (bicyclic) bond motifs is 1. The third-order valence-corrected chi connectivity index (χ3v) is 3.72. The first-order valence-corrected chi connectivity index (χ1v) is 7.59. The van der Waals surface area contributed by atoms with Crippen molar-refractivity contribution in [3.8, 4) is 0 Å². The van der Waals surface area contributed by atoms with Crippen molar-refractivity contribution >= 4 is 28.5 Å². The molecule has 6 nitrogen and oxygen atoms in total. The lowest BCUT2D eigenvalue weighted by molar-refractivity contribution is -0.135. The molecule has 0 bridgehead atoms. The molecule has 0 spiro atoms. The highest BCUT2D eigenvalue weighted by Gasteiger charge is 2.24. The number of benzene rings is 2. The summed E-state index contributed by atoms with van der Waals surface area (Å²) in [7, 11) is 0. The fourth-order valence-electron chi connectivity index (χ4n) is 2.56. The molecule has 0 saturated heterocycles. The molecule has 0 aliphatic heterocycles. The van der Waals surface area contributed by atoms with Crippen molar-refractivity contribution in [3.63, 3.8) is 0 Å². The van der Waals surface area contributed by atoms with Crippen LogP contribution in [0, 0.1) is 6.92 Å². The van der Waals surface area contributed by atoms with E-state index in [1.807, 2.05) is 6.92 Å². The van der Waals surface area contributed by atoms with Crippen LogP contribution in [0.1, 0.15) is 15.9 Å². The average Bonchev–Trinajstić information content (AvgIpc) is 2.59. The molecule has 1 aromatic heterocycles. The monoisotopic (exact) mass is 337 g/mol. The molecule has 0 fully saturated rings. The van der Waals surface area contributed by atoms with E-state index in [-0.39, 0.29) is 5.56 Å². The summed E-state index contributed by atoms with van der Waals surface area (Å²) >= 11 is 0. The van der Waals surface area contributed by atoms with E-state index in [4.69, 9.17) is 9.52 Å². The van der Waals surface area contributed by atoms with Gasteiger partial charge in [-0.3, -0.25) is 14.5 Å². The molecule has 0 radical (unpaired) electrons. The predicted octanol–water partition coefficient (Wildman–Crippen LogP) is 2.83. The molecule has 1 N–H and O–H groups in total. The number of hydrogen-bond donors (Lipinski definition) is 1. The summed E-state index contributed by atoms with van der Waals surface area (Å²) in [6.07, 6.45) is 0. The van der Waals surface area contributed by atoms with Crippen LogP contribution < -0.4 is 10.5 Å². The highest BCUT2D eigenvalue weighted by atomic mass is 16.4. The van der Waals surface area contributed by atoms with Crippen LogP contribution in [0.3, 0.4) is 0 Å². The molecule has 0 saturated carbocycles. The van der Waals surface area contributed by atoms with Crippen molar-refractivity contribution in [1.29, 1.82) is 0 Å². The van der Waals surface area contributed by atoms with Crippen molar-refractivity contribution in [3.05, 3.63) is 76.1 Å². The molecule has 2 aromatic carbocycles. The van der Waals surface area contributed by atoms with Gasteiger partial charge in [0.25, 0.3) is 5.91 Å². The number of hydrogen-bond acceptors (Lipinski definition) is 4. The number of carboxylic acids is 1. The van der Waals surface area contributed by atoms with E-state index in [0.29, 0.717) is 16.7 Å². The molecule has 0 aliphatic rings. The minimum Gasteiger partial charge on any atom is -0.480 e. The van der Waals surface area contributed by atoms with Crippen molar-refractivity contribution in [2.45, 2.75) is 6.92 Å². The summed E-state index contributed by atoms with van der Waals surface area (Å²) in [5.41, 5.74) is 0.705. The number of nitrogens with zero attached hydrogens (tertiary/aromatic N) is 1. The maximum absolute atomic E-state index is 12.8. The third-order valence-electron chi connectivity index (χ3n) is 3.72. The summed E-state index contributed by atoms with van der Waals surface area (Å²) in [5.74, 6) is -1.90. The van der Waals surface area contributed by atoms with Crippen LogP contribution in [0.4, 0.5) is 5.69 Å². The summed E-state index contributed by atoms with van der Waals surface area (Å²) in [6, 6.07) is 15.0. The lowest BCUT2D eigenvalue weighted by Crippen LogP contribution is -2.38. The van der Waals surface area contributed by atoms with E-state index in [2.05, 4.69) is 0 Å². The smallest absolute Gasteiger partial charge is 0.349 e. The second-order valence-electron chi connectivity index (χ2n) is 5.61. The summed E-state index contributed by atoms with van der Waals surface area (Å²) in [4.78, 5) is 37.3. The Bertz CT molecular complexity index is 1010.